The molecule has 1 aromatic heterocycles. The minimum absolute atomic E-state index is 0.205. The van der Waals surface area contributed by atoms with Crippen molar-refractivity contribution in [2.24, 2.45) is 9.63 Å². The van der Waals surface area contributed by atoms with Crippen LogP contribution in [0, 0.1) is 0 Å². The number of nitrogens with one attached hydrogen (secondary N) is 1. The van der Waals surface area contributed by atoms with Crippen molar-refractivity contribution in [3.05, 3.63) is 24.5 Å². The molecule has 0 aliphatic carbocycles. The molecule has 5 nitrogen and oxygen atoms in total. The van der Waals surface area contributed by atoms with Crippen molar-refractivity contribution in [1.82, 2.24) is 4.98 Å². The standard InChI is InChI=1S/C8H5N3O2S/c12-14(13)8-6-4-9-3-5(6)1-2-7(8)10-11-14/h1-4,9H. The van der Waals surface area contributed by atoms with Gasteiger partial charge in [0.15, 0.2) is 0 Å². The van der Waals surface area contributed by atoms with E-state index in [0.717, 1.165) is 5.39 Å². The van der Waals surface area contributed by atoms with E-state index < -0.39 is 10.0 Å². The molecule has 0 saturated heterocycles. The van der Waals surface area contributed by atoms with Gasteiger partial charge in [0.05, 0.1) is 0 Å². The van der Waals surface area contributed by atoms with Crippen molar-refractivity contribution < 1.29 is 8.42 Å². The Hall–Kier alpha value is -1.69. The van der Waals surface area contributed by atoms with Crippen LogP contribution in [0.2, 0.25) is 0 Å². The van der Waals surface area contributed by atoms with Gasteiger partial charge in [-0.3, -0.25) is 0 Å². The molecular formula is C8H5N3O2S. The fourth-order valence-electron chi connectivity index (χ4n) is 1.58. The average Bonchev–Trinajstić information content (AvgIpc) is 2.69. The maximum Gasteiger partial charge on any atom is 0.302 e. The van der Waals surface area contributed by atoms with Crippen molar-refractivity contribution in [3.8, 4) is 0 Å². The first-order valence-corrected chi connectivity index (χ1v) is 5.40. The molecule has 0 amide bonds. The van der Waals surface area contributed by atoms with Crippen molar-refractivity contribution in [2.45, 2.75) is 4.90 Å². The Bertz CT molecular complexity index is 654. The summed E-state index contributed by atoms with van der Waals surface area (Å²) in [5.41, 5.74) is 0.414. The van der Waals surface area contributed by atoms with Gasteiger partial charge in [0.2, 0.25) is 0 Å². The average molecular weight is 207 g/mol. The number of hydrogen-bond acceptors (Lipinski definition) is 3. The largest absolute Gasteiger partial charge is 0.366 e. The zero-order valence-corrected chi connectivity index (χ0v) is 7.75. The Morgan fingerprint density at radius 2 is 2.07 bits per heavy atom. The zero-order chi connectivity index (χ0) is 9.76. The first kappa shape index (κ1) is 7.69. The molecule has 70 valence electrons. The molecule has 1 aliphatic heterocycles. The molecule has 2 aromatic rings. The summed E-state index contributed by atoms with van der Waals surface area (Å²) in [6, 6.07) is 3.46. The molecule has 1 N–H and O–H groups in total. The van der Waals surface area contributed by atoms with E-state index in [1.807, 2.05) is 6.07 Å². The first-order chi connectivity index (χ1) is 6.68. The molecule has 6 heteroatoms. The highest BCUT2D eigenvalue weighted by atomic mass is 32.2. The fourth-order valence-corrected chi connectivity index (χ4v) is 2.69. The van der Waals surface area contributed by atoms with Crippen molar-refractivity contribution in [3.63, 3.8) is 0 Å². The monoisotopic (exact) mass is 207 g/mol. The van der Waals surface area contributed by atoms with Crippen molar-refractivity contribution in [1.29, 1.82) is 0 Å². The number of aromatic amines is 1. The molecule has 1 aromatic carbocycles. The van der Waals surface area contributed by atoms with Gasteiger partial charge in [-0.2, -0.15) is 8.42 Å². The molecule has 0 unspecified atom stereocenters. The zero-order valence-electron chi connectivity index (χ0n) is 6.93. The third-order valence-electron chi connectivity index (χ3n) is 2.19. The minimum atomic E-state index is -3.56. The lowest BCUT2D eigenvalue weighted by molar-refractivity contribution is 0.599. The van der Waals surface area contributed by atoms with Crippen LogP contribution in [0.25, 0.3) is 10.8 Å². The number of rotatable bonds is 0. The van der Waals surface area contributed by atoms with Gasteiger partial charge >= 0.3 is 10.0 Å². The van der Waals surface area contributed by atoms with E-state index in [2.05, 4.69) is 14.6 Å². The predicted octanol–water partition coefficient (Wildman–Crippen LogP) is 1.95. The van der Waals surface area contributed by atoms with Gasteiger partial charge in [-0.05, 0) is 6.07 Å². The van der Waals surface area contributed by atoms with Crippen LogP contribution < -0.4 is 0 Å². The van der Waals surface area contributed by atoms with Crippen LogP contribution in [0.3, 0.4) is 0 Å². The van der Waals surface area contributed by atoms with E-state index in [0.29, 0.717) is 11.1 Å². The summed E-state index contributed by atoms with van der Waals surface area (Å²) in [6.45, 7) is 0. The van der Waals surface area contributed by atoms with Crippen LogP contribution in [-0.4, -0.2) is 13.4 Å². The quantitative estimate of drug-likeness (QED) is 0.716. The molecule has 2 heterocycles. The predicted molar refractivity (Wildman–Crippen MR) is 50.0 cm³/mol. The minimum Gasteiger partial charge on any atom is -0.366 e. The van der Waals surface area contributed by atoms with Crippen LogP contribution in [0.5, 0.6) is 0 Å². The highest BCUT2D eigenvalue weighted by Crippen LogP contribution is 2.38. The number of H-pyrrole nitrogens is 1. The number of nitrogens with zero attached hydrogens (tertiary/aromatic N) is 2. The number of aromatic nitrogens is 1. The van der Waals surface area contributed by atoms with Crippen LogP contribution in [0.4, 0.5) is 5.69 Å². The molecule has 0 fully saturated rings. The van der Waals surface area contributed by atoms with E-state index in [4.69, 9.17) is 0 Å². The highest BCUT2D eigenvalue weighted by molar-refractivity contribution is 7.90. The summed E-state index contributed by atoms with van der Waals surface area (Å²) in [6.07, 6.45) is 3.38. The highest BCUT2D eigenvalue weighted by Gasteiger charge is 2.26. The second kappa shape index (κ2) is 2.21. The lowest BCUT2D eigenvalue weighted by Crippen LogP contribution is -1.91. The van der Waals surface area contributed by atoms with Crippen LogP contribution in [0.15, 0.2) is 39.1 Å². The molecule has 0 radical (unpaired) electrons. The van der Waals surface area contributed by atoms with Crippen LogP contribution in [-0.2, 0) is 10.0 Å². The van der Waals surface area contributed by atoms with Crippen LogP contribution >= 0.6 is 0 Å². The van der Waals surface area contributed by atoms with E-state index >= 15 is 0 Å². The lowest BCUT2D eigenvalue weighted by atomic mass is 10.2. The number of fused-ring (bicyclic) bond motifs is 3. The summed E-state index contributed by atoms with van der Waals surface area (Å²) in [5.74, 6) is 0. The molecule has 3 rings (SSSR count). The van der Waals surface area contributed by atoms with E-state index in [1.54, 1.807) is 18.5 Å². The van der Waals surface area contributed by atoms with E-state index in [-0.39, 0.29) is 4.90 Å². The Morgan fingerprint density at radius 3 is 2.93 bits per heavy atom. The van der Waals surface area contributed by atoms with Gasteiger partial charge in [-0.1, -0.05) is 10.6 Å². The lowest BCUT2D eigenvalue weighted by Gasteiger charge is -1.95. The molecule has 0 atom stereocenters. The van der Waals surface area contributed by atoms with Crippen molar-refractivity contribution >= 4 is 26.5 Å². The maximum atomic E-state index is 11.5. The smallest absolute Gasteiger partial charge is 0.302 e. The number of sulfonamides is 1. The van der Waals surface area contributed by atoms with Gasteiger partial charge in [-0.15, -0.1) is 5.11 Å². The molecule has 14 heavy (non-hydrogen) atoms. The Balaban J connectivity index is 2.60. The Kier molecular flexibility index (Phi) is 1.22. The first-order valence-electron chi connectivity index (χ1n) is 3.96. The summed E-state index contributed by atoms with van der Waals surface area (Å²) in [4.78, 5) is 3.06. The second-order valence-electron chi connectivity index (χ2n) is 3.03. The fraction of sp³-hybridized carbons (Fsp3) is 0. The molecule has 1 aliphatic rings. The second-order valence-corrected chi connectivity index (χ2v) is 4.55. The van der Waals surface area contributed by atoms with Crippen molar-refractivity contribution in [2.75, 3.05) is 0 Å². The van der Waals surface area contributed by atoms with Gasteiger partial charge in [0.1, 0.15) is 10.6 Å². The maximum absolute atomic E-state index is 11.5. The summed E-state index contributed by atoms with van der Waals surface area (Å²) in [7, 11) is -3.56. The normalized spacial score (nSPS) is 17.4. The third kappa shape index (κ3) is 0.805. The summed E-state index contributed by atoms with van der Waals surface area (Å²) in [5, 5.41) is 5.10. The third-order valence-corrected chi connectivity index (χ3v) is 3.43. The SMILES string of the molecule is O=S1(=O)N=Nc2ccc3c[nH]cc3c21. The molecule has 0 saturated carbocycles. The Labute approximate surface area is 79.5 Å². The van der Waals surface area contributed by atoms with Crippen LogP contribution in [0.1, 0.15) is 0 Å². The van der Waals surface area contributed by atoms with Gasteiger partial charge in [0.25, 0.3) is 0 Å². The molecular weight excluding hydrogens is 202 g/mol. The summed E-state index contributed by atoms with van der Waals surface area (Å²) < 4.78 is 26.2. The molecule has 0 bridgehead atoms. The van der Waals surface area contributed by atoms with Gasteiger partial charge < -0.3 is 4.98 Å². The van der Waals surface area contributed by atoms with E-state index in [1.165, 1.54) is 0 Å². The van der Waals surface area contributed by atoms with Gasteiger partial charge in [0, 0.05) is 23.2 Å². The number of benzene rings is 1. The van der Waals surface area contributed by atoms with E-state index in [9.17, 15) is 8.42 Å². The topological polar surface area (TPSA) is 74.7 Å². The Morgan fingerprint density at radius 1 is 1.21 bits per heavy atom. The number of hydrogen-bond donors (Lipinski definition) is 1. The summed E-state index contributed by atoms with van der Waals surface area (Å²) >= 11 is 0. The van der Waals surface area contributed by atoms with Gasteiger partial charge in [-0.25, -0.2) is 0 Å². The molecule has 0 spiro atoms.